The Morgan fingerprint density at radius 3 is 2.47 bits per heavy atom. The first-order chi connectivity index (χ1) is 9.06. The number of aliphatic hydroxyl groups excluding tert-OH is 1. The molecule has 0 aliphatic heterocycles. The molecule has 0 radical (unpaired) electrons. The van der Waals surface area contributed by atoms with Gasteiger partial charge in [0.15, 0.2) is 11.0 Å². The third kappa shape index (κ3) is 3.78. The van der Waals surface area contributed by atoms with Crippen molar-refractivity contribution in [1.82, 2.24) is 9.97 Å². The summed E-state index contributed by atoms with van der Waals surface area (Å²) in [5, 5.41) is 13.2. The first-order valence-corrected chi connectivity index (χ1v) is 6.78. The van der Waals surface area contributed by atoms with E-state index in [1.54, 1.807) is 0 Å². The van der Waals surface area contributed by atoms with Crippen molar-refractivity contribution in [2.24, 2.45) is 5.92 Å². The Morgan fingerprint density at radius 2 is 1.84 bits per heavy atom. The van der Waals surface area contributed by atoms with Crippen LogP contribution >= 0.6 is 11.6 Å². The highest BCUT2D eigenvalue weighted by Gasteiger charge is 2.10. The van der Waals surface area contributed by atoms with Gasteiger partial charge < -0.3 is 10.4 Å². The Kier molecular flexibility index (Phi) is 4.56. The molecule has 0 aliphatic rings. The van der Waals surface area contributed by atoms with Crippen LogP contribution in [0.2, 0.25) is 5.15 Å². The summed E-state index contributed by atoms with van der Waals surface area (Å²) in [5.74, 6) is 0.970. The fraction of sp³-hybridized carbons (Fsp3) is 0.429. The summed E-state index contributed by atoms with van der Waals surface area (Å²) in [7, 11) is 0. The number of aromatic nitrogens is 2. The molecular formula is C14H18ClN3O. The fourth-order valence-corrected chi connectivity index (χ4v) is 2.13. The standard InChI is InChI=1S/C14H18ClN3O/c1-9(2)7-10(19)8-16-14-13(15)17-11-5-3-4-6-12(11)18-14/h3-6,9-10,19H,7-8H2,1-2H3,(H,16,18). The summed E-state index contributed by atoms with van der Waals surface area (Å²) in [6.45, 7) is 4.57. The highest BCUT2D eigenvalue weighted by molar-refractivity contribution is 6.32. The Morgan fingerprint density at radius 1 is 1.21 bits per heavy atom. The average Bonchev–Trinajstić information content (AvgIpc) is 2.35. The molecule has 4 nitrogen and oxygen atoms in total. The number of hydrogen-bond donors (Lipinski definition) is 2. The Hall–Kier alpha value is -1.39. The van der Waals surface area contributed by atoms with Gasteiger partial charge in [-0.3, -0.25) is 0 Å². The normalized spacial score (nSPS) is 12.9. The predicted molar refractivity (Wildman–Crippen MR) is 78.5 cm³/mol. The molecule has 0 saturated carbocycles. The van der Waals surface area contributed by atoms with E-state index in [9.17, 15) is 5.11 Å². The number of para-hydroxylation sites is 2. The summed E-state index contributed by atoms with van der Waals surface area (Å²) in [4.78, 5) is 8.68. The van der Waals surface area contributed by atoms with Gasteiger partial charge in [0.05, 0.1) is 17.1 Å². The van der Waals surface area contributed by atoms with E-state index in [-0.39, 0.29) is 0 Å². The highest BCUT2D eigenvalue weighted by Crippen LogP contribution is 2.21. The van der Waals surface area contributed by atoms with Gasteiger partial charge in [0.25, 0.3) is 0 Å². The van der Waals surface area contributed by atoms with Crippen molar-refractivity contribution in [3.05, 3.63) is 29.4 Å². The number of benzene rings is 1. The topological polar surface area (TPSA) is 58.0 Å². The van der Waals surface area contributed by atoms with Gasteiger partial charge in [0.1, 0.15) is 0 Å². The zero-order valence-electron chi connectivity index (χ0n) is 11.1. The molecule has 102 valence electrons. The van der Waals surface area contributed by atoms with E-state index < -0.39 is 6.10 Å². The van der Waals surface area contributed by atoms with Crippen molar-refractivity contribution in [2.45, 2.75) is 26.4 Å². The number of aliphatic hydroxyl groups is 1. The smallest absolute Gasteiger partial charge is 0.172 e. The van der Waals surface area contributed by atoms with Gasteiger partial charge in [-0.1, -0.05) is 37.6 Å². The zero-order valence-corrected chi connectivity index (χ0v) is 11.9. The van der Waals surface area contributed by atoms with Crippen LogP contribution in [0.3, 0.4) is 0 Å². The first kappa shape index (κ1) is 14.0. The lowest BCUT2D eigenvalue weighted by Crippen LogP contribution is -2.22. The van der Waals surface area contributed by atoms with E-state index in [4.69, 9.17) is 11.6 Å². The second-order valence-corrected chi connectivity index (χ2v) is 5.37. The monoisotopic (exact) mass is 279 g/mol. The summed E-state index contributed by atoms with van der Waals surface area (Å²) in [5.41, 5.74) is 1.55. The second kappa shape index (κ2) is 6.17. The third-order valence-electron chi connectivity index (χ3n) is 2.78. The number of hydrogen-bond acceptors (Lipinski definition) is 4. The van der Waals surface area contributed by atoms with Crippen LogP contribution in [0.25, 0.3) is 11.0 Å². The third-order valence-corrected chi connectivity index (χ3v) is 3.04. The number of fused-ring (bicyclic) bond motifs is 1. The van der Waals surface area contributed by atoms with Gasteiger partial charge in [-0.15, -0.1) is 0 Å². The van der Waals surface area contributed by atoms with Crippen LogP contribution in [0.1, 0.15) is 20.3 Å². The maximum atomic E-state index is 9.83. The summed E-state index contributed by atoms with van der Waals surface area (Å²) in [6, 6.07) is 7.55. The van der Waals surface area contributed by atoms with Crippen LogP contribution in [-0.2, 0) is 0 Å². The van der Waals surface area contributed by atoms with Gasteiger partial charge in [-0.05, 0) is 24.5 Å². The zero-order chi connectivity index (χ0) is 13.8. The predicted octanol–water partition coefficient (Wildman–Crippen LogP) is 3.10. The van der Waals surface area contributed by atoms with Crippen molar-refractivity contribution in [3.63, 3.8) is 0 Å². The molecule has 1 atom stereocenters. The molecule has 2 aromatic rings. The average molecular weight is 280 g/mol. The van der Waals surface area contributed by atoms with Crippen molar-refractivity contribution in [1.29, 1.82) is 0 Å². The minimum atomic E-state index is -0.413. The molecule has 2 rings (SSSR count). The maximum absolute atomic E-state index is 9.83. The Balaban J connectivity index is 2.10. The van der Waals surface area contributed by atoms with E-state index >= 15 is 0 Å². The number of nitrogens with one attached hydrogen (secondary N) is 1. The molecular weight excluding hydrogens is 262 g/mol. The second-order valence-electron chi connectivity index (χ2n) is 5.02. The lowest BCUT2D eigenvalue weighted by atomic mass is 10.1. The quantitative estimate of drug-likeness (QED) is 0.883. The van der Waals surface area contributed by atoms with Crippen LogP contribution in [-0.4, -0.2) is 27.7 Å². The van der Waals surface area contributed by atoms with Crippen LogP contribution in [0.15, 0.2) is 24.3 Å². The van der Waals surface area contributed by atoms with E-state index in [1.165, 1.54) is 0 Å². The molecule has 0 spiro atoms. The van der Waals surface area contributed by atoms with Gasteiger partial charge in [-0.25, -0.2) is 9.97 Å². The Bertz CT molecular complexity index is 559. The van der Waals surface area contributed by atoms with Gasteiger partial charge >= 0.3 is 0 Å². The van der Waals surface area contributed by atoms with Crippen LogP contribution in [0, 0.1) is 5.92 Å². The van der Waals surface area contributed by atoms with E-state index in [2.05, 4.69) is 29.1 Å². The molecule has 2 N–H and O–H groups in total. The molecule has 1 aromatic carbocycles. The molecule has 1 heterocycles. The van der Waals surface area contributed by atoms with Gasteiger partial charge in [-0.2, -0.15) is 0 Å². The highest BCUT2D eigenvalue weighted by atomic mass is 35.5. The molecule has 0 fully saturated rings. The van der Waals surface area contributed by atoms with Gasteiger partial charge in [0.2, 0.25) is 0 Å². The molecule has 0 amide bonds. The molecule has 1 unspecified atom stereocenters. The molecule has 0 aliphatic carbocycles. The molecule has 0 saturated heterocycles. The minimum absolute atomic E-state index is 0.329. The van der Waals surface area contributed by atoms with Crippen molar-refractivity contribution >= 4 is 28.5 Å². The largest absolute Gasteiger partial charge is 0.391 e. The summed E-state index contributed by atoms with van der Waals surface area (Å²) in [6.07, 6.45) is 0.329. The fourth-order valence-electron chi connectivity index (χ4n) is 1.93. The maximum Gasteiger partial charge on any atom is 0.172 e. The number of nitrogens with zero attached hydrogens (tertiary/aromatic N) is 2. The van der Waals surface area contributed by atoms with E-state index in [0.717, 1.165) is 17.5 Å². The van der Waals surface area contributed by atoms with Crippen molar-refractivity contribution in [3.8, 4) is 0 Å². The lowest BCUT2D eigenvalue weighted by molar-refractivity contribution is 0.161. The van der Waals surface area contributed by atoms with Gasteiger partial charge in [0, 0.05) is 6.54 Å². The molecule has 0 bridgehead atoms. The minimum Gasteiger partial charge on any atom is -0.391 e. The van der Waals surface area contributed by atoms with Crippen LogP contribution in [0.5, 0.6) is 0 Å². The number of anilines is 1. The molecule has 5 heteroatoms. The van der Waals surface area contributed by atoms with E-state index in [1.807, 2.05) is 24.3 Å². The SMILES string of the molecule is CC(C)CC(O)CNc1nc2ccccc2nc1Cl. The van der Waals surface area contributed by atoms with Crippen LogP contribution in [0.4, 0.5) is 5.82 Å². The van der Waals surface area contributed by atoms with Crippen molar-refractivity contribution < 1.29 is 5.11 Å². The number of rotatable bonds is 5. The molecule has 19 heavy (non-hydrogen) atoms. The Labute approximate surface area is 117 Å². The lowest BCUT2D eigenvalue weighted by Gasteiger charge is -2.14. The molecule has 1 aromatic heterocycles. The number of halogens is 1. The summed E-state index contributed by atoms with van der Waals surface area (Å²) >= 11 is 6.07. The van der Waals surface area contributed by atoms with E-state index in [0.29, 0.717) is 23.4 Å². The van der Waals surface area contributed by atoms with Crippen LogP contribution < -0.4 is 5.32 Å². The first-order valence-electron chi connectivity index (χ1n) is 6.40. The van der Waals surface area contributed by atoms with Crippen molar-refractivity contribution in [2.75, 3.05) is 11.9 Å². The summed E-state index contributed by atoms with van der Waals surface area (Å²) < 4.78 is 0.